The number of carbonyl (C=O) groups is 2. The van der Waals surface area contributed by atoms with E-state index in [0.717, 1.165) is 0 Å². The molecule has 8 nitrogen and oxygen atoms in total. The van der Waals surface area contributed by atoms with E-state index in [4.69, 9.17) is 16.2 Å². The molecule has 0 spiro atoms. The molecule has 0 aliphatic rings. The Morgan fingerprint density at radius 3 is 2.43 bits per heavy atom. The summed E-state index contributed by atoms with van der Waals surface area (Å²) in [5, 5.41) is 0. The molecule has 1 aromatic heterocycles. The maximum absolute atomic E-state index is 12.2. The van der Waals surface area contributed by atoms with Crippen molar-refractivity contribution in [3.05, 3.63) is 12.0 Å². The third kappa shape index (κ3) is 5.46. The molecule has 0 aromatic carbocycles. The lowest BCUT2D eigenvalue weighted by Gasteiger charge is -2.30. The first kappa shape index (κ1) is 18.8. The van der Waals surface area contributed by atoms with Gasteiger partial charge < -0.3 is 25.7 Å². The molecule has 23 heavy (non-hydrogen) atoms. The van der Waals surface area contributed by atoms with E-state index in [9.17, 15) is 9.59 Å². The number of hydrogen-bond acceptors (Lipinski definition) is 5. The maximum atomic E-state index is 12.2. The van der Waals surface area contributed by atoms with Crippen molar-refractivity contribution in [2.45, 2.75) is 59.2 Å². The minimum absolute atomic E-state index is 0.0196. The number of amides is 2. The summed E-state index contributed by atoms with van der Waals surface area (Å²) >= 11 is 0. The van der Waals surface area contributed by atoms with Gasteiger partial charge in [0.25, 0.3) is 5.91 Å². The maximum Gasteiger partial charge on any atom is 0.410 e. The quantitative estimate of drug-likeness (QED) is 0.824. The molecule has 0 bridgehead atoms. The first-order valence-electron chi connectivity index (χ1n) is 7.63. The van der Waals surface area contributed by atoms with Crippen LogP contribution in [0.3, 0.4) is 0 Å². The minimum Gasteiger partial charge on any atom is -0.444 e. The van der Waals surface area contributed by atoms with Crippen LogP contribution < -0.4 is 11.5 Å². The zero-order valence-corrected chi connectivity index (χ0v) is 14.5. The van der Waals surface area contributed by atoms with Crippen molar-refractivity contribution in [3.63, 3.8) is 0 Å². The lowest BCUT2D eigenvalue weighted by Crippen LogP contribution is -2.41. The third-order valence-corrected chi connectivity index (χ3v) is 3.16. The van der Waals surface area contributed by atoms with Crippen LogP contribution in [-0.2, 0) is 11.3 Å². The van der Waals surface area contributed by atoms with Crippen LogP contribution in [0.2, 0.25) is 0 Å². The van der Waals surface area contributed by atoms with Crippen molar-refractivity contribution in [3.8, 4) is 0 Å². The average molecular weight is 325 g/mol. The second kappa shape index (κ2) is 7.34. The second-order valence-electron chi connectivity index (χ2n) is 6.66. The molecular formula is C15H27N5O3. The lowest BCUT2D eigenvalue weighted by molar-refractivity contribution is 0.0186. The lowest BCUT2D eigenvalue weighted by atomic mass is 10.2. The van der Waals surface area contributed by atoms with Gasteiger partial charge in [0.1, 0.15) is 11.4 Å². The number of nitrogen functional groups attached to an aromatic ring is 1. The Balaban J connectivity index is 2.63. The molecule has 4 N–H and O–H groups in total. The van der Waals surface area contributed by atoms with Crippen molar-refractivity contribution < 1.29 is 14.3 Å². The van der Waals surface area contributed by atoms with Gasteiger partial charge in [-0.1, -0.05) is 0 Å². The Bertz CT molecular complexity index is 560. The molecule has 0 saturated heterocycles. The van der Waals surface area contributed by atoms with Crippen LogP contribution in [0.5, 0.6) is 0 Å². The summed E-state index contributed by atoms with van der Waals surface area (Å²) in [5.74, 6) is -0.412. The number of imidazole rings is 1. The molecule has 0 fully saturated rings. The van der Waals surface area contributed by atoms with Gasteiger partial charge in [0.15, 0.2) is 5.69 Å². The predicted octanol–water partition coefficient (Wildman–Crippen LogP) is 1.60. The van der Waals surface area contributed by atoms with E-state index < -0.39 is 11.5 Å². The van der Waals surface area contributed by atoms with E-state index >= 15 is 0 Å². The van der Waals surface area contributed by atoms with Crippen molar-refractivity contribution in [2.24, 2.45) is 5.73 Å². The van der Waals surface area contributed by atoms with Gasteiger partial charge in [-0.05, 0) is 41.0 Å². The van der Waals surface area contributed by atoms with E-state index in [-0.39, 0.29) is 23.6 Å². The smallest absolute Gasteiger partial charge is 0.410 e. The number of anilines is 1. The average Bonchev–Trinajstić information content (AvgIpc) is 2.73. The number of ether oxygens (including phenoxy) is 1. The van der Waals surface area contributed by atoms with Crippen molar-refractivity contribution in [1.29, 1.82) is 0 Å². The van der Waals surface area contributed by atoms with Crippen LogP contribution in [0.15, 0.2) is 6.33 Å². The molecule has 0 radical (unpaired) electrons. The Morgan fingerprint density at radius 1 is 1.39 bits per heavy atom. The molecule has 0 aliphatic heterocycles. The molecule has 1 heterocycles. The Labute approximate surface area is 136 Å². The Kier molecular flexibility index (Phi) is 6.00. The van der Waals surface area contributed by atoms with Gasteiger partial charge in [0.2, 0.25) is 0 Å². The standard InChI is InChI=1S/C15H27N5O3/c1-10(2)20(14(22)23-15(3,4)5)8-6-7-19-9-18-11(12(19)16)13(17)21/h9-10H,6-8,16H2,1-5H3,(H2,17,21). The van der Waals surface area contributed by atoms with Gasteiger partial charge >= 0.3 is 6.09 Å². The SMILES string of the molecule is CC(C)N(CCCn1cnc(C(N)=O)c1N)C(=O)OC(C)(C)C. The van der Waals surface area contributed by atoms with Crippen LogP contribution in [0.4, 0.5) is 10.6 Å². The number of nitrogens with two attached hydrogens (primary N) is 2. The first-order chi connectivity index (χ1) is 10.5. The van der Waals surface area contributed by atoms with Crippen LogP contribution in [-0.4, -0.2) is 44.6 Å². The third-order valence-electron chi connectivity index (χ3n) is 3.16. The van der Waals surface area contributed by atoms with Gasteiger partial charge in [-0.15, -0.1) is 0 Å². The van der Waals surface area contributed by atoms with Gasteiger partial charge in [0, 0.05) is 19.1 Å². The first-order valence-corrected chi connectivity index (χ1v) is 7.63. The number of carbonyl (C=O) groups excluding carboxylic acids is 2. The highest BCUT2D eigenvalue weighted by atomic mass is 16.6. The normalized spacial score (nSPS) is 11.6. The molecular weight excluding hydrogens is 298 g/mol. The zero-order chi connectivity index (χ0) is 17.8. The summed E-state index contributed by atoms with van der Waals surface area (Å²) in [6.45, 7) is 10.4. The molecule has 1 aromatic rings. The van der Waals surface area contributed by atoms with E-state index in [1.807, 2.05) is 34.6 Å². The fraction of sp³-hybridized carbons (Fsp3) is 0.667. The van der Waals surface area contributed by atoms with Crippen LogP contribution >= 0.6 is 0 Å². The monoisotopic (exact) mass is 325 g/mol. The van der Waals surface area contributed by atoms with Crippen LogP contribution in [0, 0.1) is 0 Å². The van der Waals surface area contributed by atoms with Gasteiger partial charge in [-0.25, -0.2) is 9.78 Å². The Hall–Kier alpha value is -2.25. The van der Waals surface area contributed by atoms with Gasteiger partial charge in [-0.3, -0.25) is 4.79 Å². The highest BCUT2D eigenvalue weighted by molar-refractivity contribution is 5.95. The molecule has 0 unspecified atom stereocenters. The van der Waals surface area contributed by atoms with E-state index in [1.165, 1.54) is 6.33 Å². The second-order valence-corrected chi connectivity index (χ2v) is 6.66. The highest BCUT2D eigenvalue weighted by Crippen LogP contribution is 2.14. The van der Waals surface area contributed by atoms with E-state index in [0.29, 0.717) is 19.5 Å². The largest absolute Gasteiger partial charge is 0.444 e. The highest BCUT2D eigenvalue weighted by Gasteiger charge is 2.23. The van der Waals surface area contributed by atoms with Crippen molar-refractivity contribution in [2.75, 3.05) is 12.3 Å². The molecule has 2 amide bonds. The number of primary amides is 1. The summed E-state index contributed by atoms with van der Waals surface area (Å²) < 4.78 is 7.05. The zero-order valence-electron chi connectivity index (χ0n) is 14.5. The number of nitrogens with zero attached hydrogens (tertiary/aromatic N) is 3. The molecule has 130 valence electrons. The number of aryl methyl sites for hydroxylation is 1. The van der Waals surface area contributed by atoms with Gasteiger partial charge in [0.05, 0.1) is 6.33 Å². The fourth-order valence-corrected chi connectivity index (χ4v) is 2.05. The summed E-state index contributed by atoms with van der Waals surface area (Å²) in [4.78, 5) is 28.9. The molecule has 8 heteroatoms. The number of aromatic nitrogens is 2. The van der Waals surface area contributed by atoms with Crippen molar-refractivity contribution in [1.82, 2.24) is 14.5 Å². The topological polar surface area (TPSA) is 116 Å². The van der Waals surface area contributed by atoms with Crippen molar-refractivity contribution >= 4 is 17.8 Å². The van der Waals surface area contributed by atoms with E-state index in [2.05, 4.69) is 4.98 Å². The molecule has 1 rings (SSSR count). The van der Waals surface area contributed by atoms with Crippen LogP contribution in [0.1, 0.15) is 51.5 Å². The number of hydrogen-bond donors (Lipinski definition) is 2. The predicted molar refractivity (Wildman–Crippen MR) is 87.9 cm³/mol. The van der Waals surface area contributed by atoms with E-state index in [1.54, 1.807) is 9.47 Å². The Morgan fingerprint density at radius 2 is 2.00 bits per heavy atom. The summed E-state index contributed by atoms with van der Waals surface area (Å²) in [6, 6.07) is 0.0196. The molecule has 0 aliphatic carbocycles. The summed E-state index contributed by atoms with van der Waals surface area (Å²) in [7, 11) is 0. The summed E-state index contributed by atoms with van der Waals surface area (Å²) in [5.41, 5.74) is 10.5. The molecule has 0 saturated carbocycles. The fourth-order valence-electron chi connectivity index (χ4n) is 2.05. The molecule has 0 atom stereocenters. The van der Waals surface area contributed by atoms with Gasteiger partial charge in [-0.2, -0.15) is 0 Å². The summed E-state index contributed by atoms with van der Waals surface area (Å²) in [6.07, 6.45) is 1.78. The number of rotatable bonds is 6. The minimum atomic E-state index is -0.654. The van der Waals surface area contributed by atoms with Crippen LogP contribution in [0.25, 0.3) is 0 Å².